The average molecular weight is 178 g/mol. The van der Waals surface area contributed by atoms with Crippen LogP contribution >= 0.6 is 23.2 Å². The first-order valence-electron chi connectivity index (χ1n) is 3.07. The van der Waals surface area contributed by atoms with Gasteiger partial charge in [-0.1, -0.05) is 17.2 Å². The van der Waals surface area contributed by atoms with Gasteiger partial charge in [-0.3, -0.25) is 0 Å². The van der Waals surface area contributed by atoms with Gasteiger partial charge in [0.05, 0.1) is 10.4 Å². The van der Waals surface area contributed by atoms with Gasteiger partial charge in [-0.15, -0.1) is 11.6 Å². The summed E-state index contributed by atoms with van der Waals surface area (Å²) in [7, 11) is 0. The van der Waals surface area contributed by atoms with Crippen molar-refractivity contribution in [2.45, 2.75) is 18.7 Å². The fraction of sp³-hybridized carbons (Fsp3) is 0.429. The Labute approximate surface area is 70.5 Å². The highest BCUT2D eigenvalue weighted by molar-refractivity contribution is 6.33. The zero-order valence-electron chi connectivity index (χ0n) is 5.70. The van der Waals surface area contributed by atoms with Crippen LogP contribution in [0.2, 0.25) is 0 Å². The zero-order valence-corrected chi connectivity index (χ0v) is 7.21. The van der Waals surface area contributed by atoms with E-state index < -0.39 is 0 Å². The molecule has 2 N–H and O–H groups in total. The highest BCUT2D eigenvalue weighted by Crippen LogP contribution is 2.26. The van der Waals surface area contributed by atoms with Crippen LogP contribution in [0.3, 0.4) is 0 Å². The smallest absolute Gasteiger partial charge is 0.0782 e. The third-order valence-electron chi connectivity index (χ3n) is 1.49. The number of rotatable bonds is 0. The maximum atomic E-state index is 5.85. The van der Waals surface area contributed by atoms with Gasteiger partial charge in [0.2, 0.25) is 0 Å². The summed E-state index contributed by atoms with van der Waals surface area (Å²) >= 11 is 11.6. The molecular formula is C7H9Cl2N. The topological polar surface area (TPSA) is 26.0 Å². The standard InChI is InChI=1S/C7H9Cl2N/c1-4-2-5(8)7(10)6(9)3-4/h2,6H,3,10H2,1H3. The summed E-state index contributed by atoms with van der Waals surface area (Å²) in [4.78, 5) is 0. The Bertz CT molecular complexity index is 206. The van der Waals surface area contributed by atoms with Gasteiger partial charge < -0.3 is 5.73 Å². The van der Waals surface area contributed by atoms with Crippen LogP contribution in [-0.4, -0.2) is 5.38 Å². The molecule has 1 aliphatic rings. The van der Waals surface area contributed by atoms with Gasteiger partial charge in [-0.25, -0.2) is 0 Å². The Kier molecular flexibility index (Phi) is 2.27. The molecule has 0 heterocycles. The summed E-state index contributed by atoms with van der Waals surface area (Å²) in [5.74, 6) is 0. The quantitative estimate of drug-likeness (QED) is 0.566. The molecule has 3 heteroatoms. The first-order chi connectivity index (χ1) is 4.61. The van der Waals surface area contributed by atoms with Crippen molar-refractivity contribution >= 4 is 23.2 Å². The van der Waals surface area contributed by atoms with Gasteiger partial charge >= 0.3 is 0 Å². The summed E-state index contributed by atoms with van der Waals surface area (Å²) in [6.07, 6.45) is 2.67. The minimum atomic E-state index is -0.113. The summed E-state index contributed by atoms with van der Waals surface area (Å²) < 4.78 is 0. The normalized spacial score (nSPS) is 26.7. The van der Waals surface area contributed by atoms with E-state index in [9.17, 15) is 0 Å². The van der Waals surface area contributed by atoms with Crippen molar-refractivity contribution in [1.82, 2.24) is 0 Å². The second-order valence-electron chi connectivity index (χ2n) is 2.47. The molecule has 1 nitrogen and oxygen atoms in total. The lowest BCUT2D eigenvalue weighted by Gasteiger charge is -2.16. The molecular weight excluding hydrogens is 169 g/mol. The molecule has 1 atom stereocenters. The van der Waals surface area contributed by atoms with Crippen LogP contribution in [0.15, 0.2) is 22.4 Å². The van der Waals surface area contributed by atoms with Crippen LogP contribution in [0, 0.1) is 0 Å². The molecule has 0 radical (unpaired) electrons. The van der Waals surface area contributed by atoms with Crippen molar-refractivity contribution in [3.05, 3.63) is 22.4 Å². The SMILES string of the molecule is CC1=CC(Cl)=C(N)C(Cl)C1. The lowest BCUT2D eigenvalue weighted by atomic mass is 10.0. The largest absolute Gasteiger partial charge is 0.400 e. The summed E-state index contributed by atoms with van der Waals surface area (Å²) in [6.45, 7) is 1.99. The van der Waals surface area contributed by atoms with E-state index >= 15 is 0 Å². The maximum absolute atomic E-state index is 5.85. The molecule has 0 amide bonds. The number of hydrogen-bond acceptors (Lipinski definition) is 1. The average Bonchev–Trinajstić information content (AvgIpc) is 1.82. The molecule has 0 saturated heterocycles. The van der Waals surface area contributed by atoms with Gasteiger partial charge in [-0.2, -0.15) is 0 Å². The van der Waals surface area contributed by atoms with E-state index in [1.54, 1.807) is 0 Å². The molecule has 56 valence electrons. The van der Waals surface area contributed by atoms with Gasteiger partial charge in [-0.05, 0) is 19.4 Å². The molecule has 1 rings (SSSR count). The lowest BCUT2D eigenvalue weighted by Crippen LogP contribution is -2.16. The zero-order chi connectivity index (χ0) is 7.72. The molecule has 0 saturated carbocycles. The highest BCUT2D eigenvalue weighted by Gasteiger charge is 2.16. The highest BCUT2D eigenvalue weighted by atomic mass is 35.5. The summed E-state index contributed by atoms with van der Waals surface area (Å²) in [5.41, 5.74) is 7.33. The molecule has 10 heavy (non-hydrogen) atoms. The van der Waals surface area contributed by atoms with E-state index in [0.29, 0.717) is 10.7 Å². The molecule has 0 aromatic carbocycles. The fourth-order valence-electron chi connectivity index (χ4n) is 0.901. The van der Waals surface area contributed by atoms with Crippen LogP contribution in [0.5, 0.6) is 0 Å². The van der Waals surface area contributed by atoms with Crippen molar-refractivity contribution in [2.75, 3.05) is 0 Å². The molecule has 0 aromatic rings. The van der Waals surface area contributed by atoms with Gasteiger partial charge in [0.1, 0.15) is 0 Å². The number of hydrogen-bond donors (Lipinski definition) is 1. The molecule has 0 aliphatic heterocycles. The molecule has 0 aromatic heterocycles. The van der Waals surface area contributed by atoms with Crippen molar-refractivity contribution in [2.24, 2.45) is 5.73 Å². The van der Waals surface area contributed by atoms with E-state index in [1.165, 1.54) is 5.57 Å². The minimum absolute atomic E-state index is 0.113. The van der Waals surface area contributed by atoms with Crippen molar-refractivity contribution in [3.63, 3.8) is 0 Å². The monoisotopic (exact) mass is 177 g/mol. The van der Waals surface area contributed by atoms with E-state index in [1.807, 2.05) is 13.0 Å². The Morgan fingerprint density at radius 1 is 1.70 bits per heavy atom. The van der Waals surface area contributed by atoms with Gasteiger partial charge in [0.15, 0.2) is 0 Å². The van der Waals surface area contributed by atoms with Gasteiger partial charge in [0, 0.05) is 5.70 Å². The Hall–Kier alpha value is -0.140. The molecule has 0 bridgehead atoms. The first-order valence-corrected chi connectivity index (χ1v) is 3.89. The van der Waals surface area contributed by atoms with Crippen molar-refractivity contribution in [3.8, 4) is 0 Å². The van der Waals surface area contributed by atoms with Crippen molar-refractivity contribution in [1.29, 1.82) is 0 Å². The van der Waals surface area contributed by atoms with Crippen LogP contribution in [0.25, 0.3) is 0 Å². The lowest BCUT2D eigenvalue weighted by molar-refractivity contribution is 0.896. The molecule has 1 unspecified atom stereocenters. The second-order valence-corrected chi connectivity index (χ2v) is 3.40. The number of alkyl halides is 1. The van der Waals surface area contributed by atoms with E-state index in [2.05, 4.69) is 0 Å². The van der Waals surface area contributed by atoms with E-state index in [0.717, 1.165) is 6.42 Å². The molecule has 0 fully saturated rings. The predicted molar refractivity (Wildman–Crippen MR) is 45.1 cm³/mol. The maximum Gasteiger partial charge on any atom is 0.0782 e. The Morgan fingerprint density at radius 2 is 2.30 bits per heavy atom. The Balaban J connectivity index is 2.92. The van der Waals surface area contributed by atoms with Crippen LogP contribution in [-0.2, 0) is 0 Å². The van der Waals surface area contributed by atoms with Crippen LogP contribution in [0.4, 0.5) is 0 Å². The third kappa shape index (κ3) is 1.47. The fourth-order valence-corrected chi connectivity index (χ4v) is 1.64. The first kappa shape index (κ1) is 7.96. The Morgan fingerprint density at radius 3 is 2.80 bits per heavy atom. The number of allylic oxidation sites excluding steroid dienone is 4. The predicted octanol–water partition coefficient (Wildman–Crippen LogP) is 2.35. The summed E-state index contributed by atoms with van der Waals surface area (Å²) in [5, 5.41) is 0.473. The summed E-state index contributed by atoms with van der Waals surface area (Å²) in [6, 6.07) is 0. The number of halogens is 2. The van der Waals surface area contributed by atoms with Crippen molar-refractivity contribution < 1.29 is 0 Å². The van der Waals surface area contributed by atoms with Gasteiger partial charge in [0.25, 0.3) is 0 Å². The van der Waals surface area contributed by atoms with E-state index in [4.69, 9.17) is 28.9 Å². The third-order valence-corrected chi connectivity index (χ3v) is 2.20. The number of nitrogens with two attached hydrogens (primary N) is 1. The second kappa shape index (κ2) is 2.85. The molecule has 1 aliphatic carbocycles. The van der Waals surface area contributed by atoms with Crippen LogP contribution in [0.1, 0.15) is 13.3 Å². The minimum Gasteiger partial charge on any atom is -0.400 e. The van der Waals surface area contributed by atoms with E-state index in [-0.39, 0.29) is 5.38 Å². The molecule has 0 spiro atoms. The van der Waals surface area contributed by atoms with Crippen LogP contribution < -0.4 is 5.73 Å².